The van der Waals surface area contributed by atoms with E-state index in [1.807, 2.05) is 17.7 Å². The molecule has 2 atom stereocenters. The van der Waals surface area contributed by atoms with Gasteiger partial charge < -0.3 is 15.4 Å². The monoisotopic (exact) mass is 347 g/mol. The summed E-state index contributed by atoms with van der Waals surface area (Å²) in [6.45, 7) is 6.86. The van der Waals surface area contributed by atoms with Crippen LogP contribution in [0.25, 0.3) is 0 Å². The first-order chi connectivity index (χ1) is 11.5. The molecule has 2 aliphatic rings. The molecule has 2 bridgehead atoms. The lowest BCUT2D eigenvalue weighted by atomic mass is 9.80. The maximum atomic E-state index is 6.31. The van der Waals surface area contributed by atoms with Crippen LogP contribution in [0, 0.1) is 12.8 Å². The van der Waals surface area contributed by atoms with Crippen molar-refractivity contribution in [2.45, 2.75) is 45.7 Å². The number of fused-ring (bicyclic) bond motifs is 4. The van der Waals surface area contributed by atoms with E-state index in [4.69, 9.17) is 16.3 Å². The van der Waals surface area contributed by atoms with Crippen LogP contribution in [0.3, 0.4) is 0 Å². The molecule has 0 aromatic carbocycles. The SMILES string of the molecule is Cc1nn(C(C)C)c2c1OC[C@@H]1CC[C@H]1Nc1cc(ncc1Cl)N2. The van der Waals surface area contributed by atoms with Crippen molar-refractivity contribution in [3.8, 4) is 5.75 Å². The van der Waals surface area contributed by atoms with Crippen molar-refractivity contribution in [2.75, 3.05) is 17.2 Å². The number of aryl methyl sites for hydroxylation is 1. The van der Waals surface area contributed by atoms with E-state index in [0.29, 0.717) is 23.6 Å². The first-order valence-corrected chi connectivity index (χ1v) is 8.81. The number of ether oxygens (including phenoxy) is 1. The van der Waals surface area contributed by atoms with E-state index in [0.717, 1.165) is 41.6 Å². The van der Waals surface area contributed by atoms with Crippen LogP contribution in [0.2, 0.25) is 5.02 Å². The van der Waals surface area contributed by atoms with Gasteiger partial charge in [0.1, 0.15) is 11.5 Å². The van der Waals surface area contributed by atoms with E-state index in [1.165, 1.54) is 0 Å². The minimum absolute atomic E-state index is 0.218. The molecule has 1 saturated carbocycles. The average molecular weight is 348 g/mol. The van der Waals surface area contributed by atoms with Crippen molar-refractivity contribution in [1.29, 1.82) is 0 Å². The minimum atomic E-state index is 0.218. The van der Waals surface area contributed by atoms with Crippen LogP contribution in [-0.4, -0.2) is 27.4 Å². The highest BCUT2D eigenvalue weighted by Crippen LogP contribution is 2.39. The number of hydrogen-bond acceptors (Lipinski definition) is 5. The third kappa shape index (κ3) is 2.59. The molecule has 7 heteroatoms. The number of aromatic nitrogens is 3. The fraction of sp³-hybridized carbons (Fsp3) is 0.529. The lowest BCUT2D eigenvalue weighted by Gasteiger charge is -2.37. The van der Waals surface area contributed by atoms with Gasteiger partial charge in [-0.15, -0.1) is 0 Å². The Hall–Kier alpha value is -1.95. The van der Waals surface area contributed by atoms with E-state index in [9.17, 15) is 0 Å². The summed E-state index contributed by atoms with van der Waals surface area (Å²) in [6.07, 6.45) is 3.97. The molecule has 4 rings (SSSR count). The number of rotatable bonds is 1. The normalized spacial score (nSPS) is 22.2. The third-order valence-corrected chi connectivity index (χ3v) is 5.12. The van der Waals surface area contributed by atoms with Crippen LogP contribution in [0.4, 0.5) is 17.3 Å². The van der Waals surface area contributed by atoms with E-state index < -0.39 is 0 Å². The number of anilines is 3. The van der Waals surface area contributed by atoms with Gasteiger partial charge in [-0.25, -0.2) is 9.67 Å². The van der Waals surface area contributed by atoms with Crippen molar-refractivity contribution in [1.82, 2.24) is 14.8 Å². The second kappa shape index (κ2) is 5.84. The molecule has 2 N–H and O–H groups in total. The van der Waals surface area contributed by atoms with E-state index in [1.54, 1.807) is 6.20 Å². The Kier molecular flexibility index (Phi) is 3.79. The van der Waals surface area contributed by atoms with Crippen molar-refractivity contribution in [3.05, 3.63) is 23.0 Å². The van der Waals surface area contributed by atoms with Crippen LogP contribution in [0.15, 0.2) is 12.3 Å². The molecule has 3 heterocycles. The molecule has 0 spiro atoms. The maximum Gasteiger partial charge on any atom is 0.184 e. The molecule has 0 unspecified atom stereocenters. The second-order valence-electron chi connectivity index (χ2n) is 6.88. The second-order valence-corrected chi connectivity index (χ2v) is 7.28. The quantitative estimate of drug-likeness (QED) is 0.811. The predicted molar refractivity (Wildman–Crippen MR) is 95.5 cm³/mol. The molecular formula is C17H22ClN5O. The van der Waals surface area contributed by atoms with Gasteiger partial charge >= 0.3 is 0 Å². The lowest BCUT2D eigenvalue weighted by molar-refractivity contribution is 0.163. The molecule has 0 amide bonds. The van der Waals surface area contributed by atoms with E-state index in [2.05, 4.69) is 34.6 Å². The molecule has 128 valence electrons. The van der Waals surface area contributed by atoms with Crippen molar-refractivity contribution >= 4 is 28.9 Å². The van der Waals surface area contributed by atoms with Gasteiger partial charge in [0, 0.05) is 24.1 Å². The predicted octanol–water partition coefficient (Wildman–Crippen LogP) is 4.15. The summed E-state index contributed by atoms with van der Waals surface area (Å²) < 4.78 is 8.13. The third-order valence-electron chi connectivity index (χ3n) is 4.82. The first-order valence-electron chi connectivity index (χ1n) is 8.44. The van der Waals surface area contributed by atoms with Crippen molar-refractivity contribution in [3.63, 3.8) is 0 Å². The summed E-state index contributed by atoms with van der Waals surface area (Å²) in [4.78, 5) is 4.40. The number of hydrogen-bond donors (Lipinski definition) is 2. The standard InChI is InChI=1S/C17H22ClN5O/c1-9(2)23-17-16(10(3)22-23)24-8-11-4-5-13(11)20-14-6-15(21-17)19-7-12(14)18/h6-7,9,11,13,20H,4-5,8H2,1-3H3,(H,19,21)/t11-,13+/m0/s1. The summed E-state index contributed by atoms with van der Waals surface area (Å²) >= 11 is 6.31. The van der Waals surface area contributed by atoms with Gasteiger partial charge in [0.05, 0.1) is 23.5 Å². The molecule has 1 fully saturated rings. The Labute approximate surface area is 146 Å². The Balaban J connectivity index is 1.81. The molecule has 2 aromatic rings. The molecule has 2 aromatic heterocycles. The van der Waals surface area contributed by atoms with Crippen LogP contribution < -0.4 is 15.4 Å². The Morgan fingerprint density at radius 1 is 1.38 bits per heavy atom. The first kappa shape index (κ1) is 15.6. The Bertz CT molecular complexity index is 773. The number of nitrogens with one attached hydrogen (secondary N) is 2. The van der Waals surface area contributed by atoms with E-state index in [-0.39, 0.29) is 6.04 Å². The molecular weight excluding hydrogens is 326 g/mol. The molecule has 0 radical (unpaired) electrons. The van der Waals surface area contributed by atoms with Gasteiger partial charge in [0.25, 0.3) is 0 Å². The zero-order chi connectivity index (χ0) is 16.8. The number of pyridine rings is 1. The minimum Gasteiger partial charge on any atom is -0.487 e. The van der Waals surface area contributed by atoms with Crippen molar-refractivity contribution < 1.29 is 4.74 Å². The molecule has 1 aliphatic carbocycles. The van der Waals surface area contributed by atoms with Gasteiger partial charge in [-0.05, 0) is 33.6 Å². The largest absolute Gasteiger partial charge is 0.487 e. The fourth-order valence-electron chi connectivity index (χ4n) is 3.28. The molecule has 0 saturated heterocycles. The van der Waals surface area contributed by atoms with Crippen LogP contribution >= 0.6 is 11.6 Å². The van der Waals surface area contributed by atoms with Gasteiger partial charge in [-0.1, -0.05) is 11.6 Å². The summed E-state index contributed by atoms with van der Waals surface area (Å²) in [7, 11) is 0. The summed E-state index contributed by atoms with van der Waals surface area (Å²) in [5.41, 5.74) is 1.81. The molecule has 24 heavy (non-hydrogen) atoms. The van der Waals surface area contributed by atoms with Gasteiger partial charge in [-0.3, -0.25) is 0 Å². The van der Waals surface area contributed by atoms with Gasteiger partial charge in [0.15, 0.2) is 11.6 Å². The highest BCUT2D eigenvalue weighted by Gasteiger charge is 2.33. The summed E-state index contributed by atoms with van der Waals surface area (Å²) in [6, 6.07) is 2.56. The van der Waals surface area contributed by atoms with Crippen LogP contribution in [0.5, 0.6) is 5.75 Å². The zero-order valence-electron chi connectivity index (χ0n) is 14.1. The number of halogens is 1. The van der Waals surface area contributed by atoms with Gasteiger partial charge in [0.2, 0.25) is 0 Å². The lowest BCUT2D eigenvalue weighted by Crippen LogP contribution is -2.41. The van der Waals surface area contributed by atoms with E-state index >= 15 is 0 Å². The Morgan fingerprint density at radius 3 is 2.92 bits per heavy atom. The highest BCUT2D eigenvalue weighted by atomic mass is 35.5. The summed E-state index contributed by atoms with van der Waals surface area (Å²) in [5.74, 6) is 2.87. The molecule has 1 aliphatic heterocycles. The molecule has 6 nitrogen and oxygen atoms in total. The smallest absolute Gasteiger partial charge is 0.184 e. The van der Waals surface area contributed by atoms with Gasteiger partial charge in [-0.2, -0.15) is 5.10 Å². The average Bonchev–Trinajstić information content (AvgIpc) is 2.82. The highest BCUT2D eigenvalue weighted by molar-refractivity contribution is 6.33. The topological polar surface area (TPSA) is 64.0 Å². The van der Waals surface area contributed by atoms with Crippen LogP contribution in [0.1, 0.15) is 38.4 Å². The van der Waals surface area contributed by atoms with Crippen molar-refractivity contribution in [2.24, 2.45) is 5.92 Å². The fourth-order valence-corrected chi connectivity index (χ4v) is 3.44. The van der Waals surface area contributed by atoms with Crippen LogP contribution in [-0.2, 0) is 0 Å². The number of nitrogens with zero attached hydrogens (tertiary/aromatic N) is 3. The summed E-state index contributed by atoms with van der Waals surface area (Å²) in [5, 5.41) is 12.2. The Morgan fingerprint density at radius 2 is 2.21 bits per heavy atom. The zero-order valence-corrected chi connectivity index (χ0v) is 14.9. The maximum absolute atomic E-state index is 6.31.